The van der Waals surface area contributed by atoms with Gasteiger partial charge in [0, 0.05) is 36.6 Å². The van der Waals surface area contributed by atoms with E-state index in [4.69, 9.17) is 10.2 Å². The maximum atomic E-state index is 8.85. The van der Waals surface area contributed by atoms with Gasteiger partial charge in [0.15, 0.2) is 0 Å². The molecule has 1 aliphatic carbocycles. The van der Waals surface area contributed by atoms with Crippen molar-refractivity contribution in [3.05, 3.63) is 34.5 Å². The number of nitrogens with zero attached hydrogens (tertiary/aromatic N) is 4. The summed E-state index contributed by atoms with van der Waals surface area (Å²) in [6.45, 7) is 2.31. The van der Waals surface area contributed by atoms with E-state index in [0.29, 0.717) is 5.56 Å². The number of rotatable bonds is 2. The predicted octanol–water partition coefficient (Wildman–Crippen LogP) is 3.03. The topological polar surface area (TPSA) is 52.8 Å². The van der Waals surface area contributed by atoms with Gasteiger partial charge >= 0.3 is 0 Å². The average Bonchev–Trinajstić information content (AvgIpc) is 2.82. The van der Waals surface area contributed by atoms with Crippen molar-refractivity contribution in [2.75, 3.05) is 13.1 Å². The van der Waals surface area contributed by atoms with Gasteiger partial charge in [-0.3, -0.25) is 9.88 Å². The first-order valence-corrected chi connectivity index (χ1v) is 8.74. The lowest BCUT2D eigenvalue weighted by atomic mass is 9.91. The molecule has 2 aromatic rings. The average molecular weight is 310 g/mol. The summed E-state index contributed by atoms with van der Waals surface area (Å²) in [5.74, 6) is 0. The van der Waals surface area contributed by atoms with Gasteiger partial charge in [0.1, 0.15) is 11.1 Å². The summed E-state index contributed by atoms with van der Waals surface area (Å²) in [5.41, 5.74) is 2.74. The fraction of sp³-hybridized carbons (Fsp3) is 0.471. The maximum absolute atomic E-state index is 8.85. The minimum absolute atomic E-state index is 0.595. The van der Waals surface area contributed by atoms with Crippen molar-refractivity contribution in [3.63, 3.8) is 0 Å². The van der Waals surface area contributed by atoms with Crippen LogP contribution in [0.25, 0.3) is 10.7 Å². The van der Waals surface area contributed by atoms with Gasteiger partial charge in [0.2, 0.25) is 0 Å². The summed E-state index contributed by atoms with van der Waals surface area (Å²) < 4.78 is 0. The number of pyridine rings is 1. The quantitative estimate of drug-likeness (QED) is 0.855. The van der Waals surface area contributed by atoms with E-state index in [2.05, 4.69) is 16.0 Å². The maximum Gasteiger partial charge on any atom is 0.142 e. The van der Waals surface area contributed by atoms with Gasteiger partial charge in [-0.2, -0.15) is 5.26 Å². The highest BCUT2D eigenvalue weighted by Gasteiger charge is 2.27. The summed E-state index contributed by atoms with van der Waals surface area (Å²) in [4.78, 5) is 13.3. The van der Waals surface area contributed by atoms with Gasteiger partial charge in [-0.05, 0) is 31.4 Å². The second-order valence-electron chi connectivity index (χ2n) is 6.05. The summed E-state index contributed by atoms with van der Waals surface area (Å²) in [7, 11) is 0. The minimum atomic E-state index is 0.595. The zero-order valence-corrected chi connectivity index (χ0v) is 13.3. The zero-order valence-electron chi connectivity index (χ0n) is 12.5. The molecule has 5 heteroatoms. The van der Waals surface area contributed by atoms with Crippen LogP contribution >= 0.6 is 11.3 Å². The Morgan fingerprint density at radius 2 is 2.09 bits per heavy atom. The predicted molar refractivity (Wildman–Crippen MR) is 86.7 cm³/mol. The number of hydrogen-bond acceptors (Lipinski definition) is 5. The molecule has 0 saturated heterocycles. The highest BCUT2D eigenvalue weighted by Crippen LogP contribution is 2.32. The van der Waals surface area contributed by atoms with Gasteiger partial charge in [0.25, 0.3) is 0 Å². The van der Waals surface area contributed by atoms with Crippen LogP contribution in [0.3, 0.4) is 0 Å². The molecular formula is C17H18N4S. The second-order valence-corrected chi connectivity index (χ2v) is 7.14. The molecule has 2 aromatic heterocycles. The largest absolute Gasteiger partial charge is 0.300 e. The normalized spacial score (nSPS) is 19.0. The van der Waals surface area contributed by atoms with Crippen molar-refractivity contribution in [1.29, 1.82) is 5.26 Å². The molecule has 0 spiro atoms. The third-order valence-corrected chi connectivity index (χ3v) is 5.92. The van der Waals surface area contributed by atoms with Crippen LogP contribution < -0.4 is 0 Å². The van der Waals surface area contributed by atoms with Crippen molar-refractivity contribution in [2.45, 2.75) is 38.1 Å². The Labute approximate surface area is 134 Å². The van der Waals surface area contributed by atoms with E-state index < -0.39 is 0 Å². The Kier molecular flexibility index (Phi) is 3.65. The Hall–Kier alpha value is -1.77. The van der Waals surface area contributed by atoms with Crippen molar-refractivity contribution >= 4 is 11.3 Å². The lowest BCUT2D eigenvalue weighted by Gasteiger charge is -2.36. The second kappa shape index (κ2) is 5.79. The van der Waals surface area contributed by atoms with Crippen LogP contribution in [0, 0.1) is 11.3 Å². The van der Waals surface area contributed by atoms with E-state index in [1.807, 2.05) is 12.1 Å². The monoisotopic (exact) mass is 310 g/mol. The van der Waals surface area contributed by atoms with Gasteiger partial charge in [-0.15, -0.1) is 11.3 Å². The van der Waals surface area contributed by atoms with Crippen molar-refractivity contribution in [3.8, 4) is 16.8 Å². The van der Waals surface area contributed by atoms with Crippen LogP contribution in [-0.4, -0.2) is 34.0 Å². The SMILES string of the molecule is N#Cc1ccc(-c2nc3c(s2)CCN(C2CCC2)CC3)nc1. The Morgan fingerprint density at radius 3 is 2.77 bits per heavy atom. The van der Waals surface area contributed by atoms with Crippen LogP contribution in [0.2, 0.25) is 0 Å². The Bertz CT molecular complexity index is 684. The highest BCUT2D eigenvalue weighted by atomic mass is 32.1. The van der Waals surface area contributed by atoms with Crippen molar-refractivity contribution in [1.82, 2.24) is 14.9 Å². The molecule has 0 unspecified atom stereocenters. The first kappa shape index (κ1) is 13.9. The molecule has 1 saturated carbocycles. The lowest BCUT2D eigenvalue weighted by Crippen LogP contribution is -2.41. The Morgan fingerprint density at radius 1 is 1.23 bits per heavy atom. The number of thiazole rings is 1. The van der Waals surface area contributed by atoms with E-state index in [9.17, 15) is 0 Å². The number of aromatic nitrogens is 2. The number of hydrogen-bond donors (Lipinski definition) is 0. The standard InChI is InChI=1S/C17H18N4S/c18-10-12-4-5-15(19-11-12)17-20-14-6-8-21(13-2-1-3-13)9-7-16(14)22-17/h4-5,11,13H,1-3,6-9H2. The highest BCUT2D eigenvalue weighted by molar-refractivity contribution is 7.15. The molecule has 112 valence electrons. The summed E-state index contributed by atoms with van der Waals surface area (Å²) in [6, 6.07) is 6.64. The molecule has 0 bridgehead atoms. The lowest BCUT2D eigenvalue weighted by molar-refractivity contribution is 0.133. The van der Waals surface area contributed by atoms with E-state index in [0.717, 1.165) is 36.1 Å². The fourth-order valence-corrected chi connectivity index (χ4v) is 4.27. The van der Waals surface area contributed by atoms with Gasteiger partial charge in [-0.1, -0.05) is 6.42 Å². The molecule has 0 amide bonds. The molecule has 4 rings (SSSR count). The van der Waals surface area contributed by atoms with Crippen molar-refractivity contribution < 1.29 is 0 Å². The minimum Gasteiger partial charge on any atom is -0.300 e. The molecule has 0 radical (unpaired) electrons. The Balaban J connectivity index is 1.53. The number of nitriles is 1. The fourth-order valence-electron chi connectivity index (χ4n) is 3.19. The van der Waals surface area contributed by atoms with Crippen molar-refractivity contribution in [2.24, 2.45) is 0 Å². The first-order valence-electron chi connectivity index (χ1n) is 7.92. The van der Waals surface area contributed by atoms with Crippen LogP contribution in [0.4, 0.5) is 0 Å². The molecule has 2 aliphatic rings. The smallest absolute Gasteiger partial charge is 0.142 e. The van der Waals surface area contributed by atoms with Gasteiger partial charge in [-0.25, -0.2) is 4.98 Å². The van der Waals surface area contributed by atoms with E-state index in [1.54, 1.807) is 17.5 Å². The zero-order chi connectivity index (χ0) is 14.9. The van der Waals surface area contributed by atoms with E-state index >= 15 is 0 Å². The molecule has 0 N–H and O–H groups in total. The van der Waals surface area contributed by atoms with Crippen LogP contribution in [-0.2, 0) is 12.8 Å². The summed E-state index contributed by atoms with van der Waals surface area (Å²) >= 11 is 1.77. The molecule has 1 aliphatic heterocycles. The van der Waals surface area contributed by atoms with Gasteiger partial charge < -0.3 is 0 Å². The summed E-state index contributed by atoms with van der Waals surface area (Å²) in [5, 5.41) is 9.84. The first-order chi connectivity index (χ1) is 10.8. The summed E-state index contributed by atoms with van der Waals surface area (Å²) in [6.07, 6.45) is 7.94. The molecular weight excluding hydrogens is 292 g/mol. The van der Waals surface area contributed by atoms with E-state index in [1.165, 1.54) is 36.4 Å². The molecule has 4 nitrogen and oxygen atoms in total. The molecule has 0 aromatic carbocycles. The molecule has 22 heavy (non-hydrogen) atoms. The third-order valence-electron chi connectivity index (χ3n) is 4.74. The van der Waals surface area contributed by atoms with Crippen LogP contribution in [0.1, 0.15) is 35.4 Å². The molecule has 0 atom stereocenters. The number of fused-ring (bicyclic) bond motifs is 1. The van der Waals surface area contributed by atoms with E-state index in [-0.39, 0.29) is 0 Å². The third kappa shape index (κ3) is 2.53. The van der Waals surface area contributed by atoms with Gasteiger partial charge in [0.05, 0.1) is 17.0 Å². The van der Waals surface area contributed by atoms with Crippen LogP contribution in [0.5, 0.6) is 0 Å². The molecule has 1 fully saturated rings. The molecule has 3 heterocycles. The van der Waals surface area contributed by atoms with Crippen LogP contribution in [0.15, 0.2) is 18.3 Å².